The molecule has 1 fully saturated rings. The summed E-state index contributed by atoms with van der Waals surface area (Å²) < 4.78 is 7.72. The molecule has 0 aromatic carbocycles. The van der Waals surface area contributed by atoms with Gasteiger partial charge < -0.3 is 15.4 Å². The van der Waals surface area contributed by atoms with E-state index < -0.39 is 0 Å². The Morgan fingerprint density at radius 3 is 2.83 bits per heavy atom. The van der Waals surface area contributed by atoms with E-state index in [1.54, 1.807) is 0 Å². The van der Waals surface area contributed by atoms with Gasteiger partial charge in [-0.1, -0.05) is 6.92 Å². The van der Waals surface area contributed by atoms with E-state index in [0.717, 1.165) is 43.3 Å². The number of aryl methyl sites for hydroxylation is 2. The van der Waals surface area contributed by atoms with Gasteiger partial charge in [-0.2, -0.15) is 5.10 Å². The first-order valence-corrected chi connectivity index (χ1v) is 6.75. The van der Waals surface area contributed by atoms with Crippen molar-refractivity contribution in [3.05, 3.63) is 5.69 Å². The largest absolute Gasteiger partial charge is 0.394 e. The Morgan fingerprint density at radius 1 is 1.44 bits per heavy atom. The number of hydrogen-bond acceptors (Lipinski definition) is 4. The zero-order valence-corrected chi connectivity index (χ0v) is 11.8. The van der Waals surface area contributed by atoms with E-state index in [1.165, 1.54) is 0 Å². The van der Waals surface area contributed by atoms with Crippen LogP contribution in [-0.2, 0) is 11.3 Å². The lowest BCUT2D eigenvalue weighted by atomic mass is 10.2. The van der Waals surface area contributed by atoms with Gasteiger partial charge in [-0.15, -0.1) is 0 Å². The third-order valence-electron chi connectivity index (χ3n) is 3.46. The molecule has 2 rings (SSSR count). The Hall–Kier alpha value is -1.23. The minimum Gasteiger partial charge on any atom is -0.394 e. The molecule has 102 valence electrons. The van der Waals surface area contributed by atoms with Crippen LogP contribution in [0.1, 0.15) is 32.9 Å². The maximum atomic E-state index is 6.21. The summed E-state index contributed by atoms with van der Waals surface area (Å²) in [7, 11) is 0. The summed E-state index contributed by atoms with van der Waals surface area (Å²) in [5.74, 6) is 1.07. The van der Waals surface area contributed by atoms with Crippen molar-refractivity contribution in [3.8, 4) is 0 Å². The first-order valence-electron chi connectivity index (χ1n) is 6.75. The molecule has 1 aliphatic rings. The van der Waals surface area contributed by atoms with Gasteiger partial charge in [0.25, 0.3) is 0 Å². The summed E-state index contributed by atoms with van der Waals surface area (Å²) in [4.78, 5) is 2.33. The standard InChI is InChI=1S/C13H24N4O/c1-5-6-17-13(12(14)11(4)15-17)16-7-10(3)18-8-9(16)2/h9-10H,5-8,14H2,1-4H3. The number of nitrogens with two attached hydrogens (primary N) is 1. The van der Waals surface area contributed by atoms with Crippen molar-refractivity contribution in [2.24, 2.45) is 0 Å². The van der Waals surface area contributed by atoms with Crippen LogP contribution in [0.3, 0.4) is 0 Å². The van der Waals surface area contributed by atoms with Crippen LogP contribution in [0.4, 0.5) is 11.5 Å². The summed E-state index contributed by atoms with van der Waals surface area (Å²) in [5.41, 5.74) is 7.94. The molecular weight excluding hydrogens is 228 g/mol. The number of hydrogen-bond donors (Lipinski definition) is 1. The third kappa shape index (κ3) is 2.32. The Morgan fingerprint density at radius 2 is 2.17 bits per heavy atom. The molecule has 1 aromatic heterocycles. The van der Waals surface area contributed by atoms with Gasteiger partial charge >= 0.3 is 0 Å². The summed E-state index contributed by atoms with van der Waals surface area (Å²) in [6.45, 7) is 10.9. The molecule has 2 unspecified atom stereocenters. The fourth-order valence-electron chi connectivity index (χ4n) is 2.45. The van der Waals surface area contributed by atoms with E-state index >= 15 is 0 Å². The van der Waals surface area contributed by atoms with Crippen molar-refractivity contribution in [2.45, 2.75) is 52.8 Å². The van der Waals surface area contributed by atoms with E-state index in [0.29, 0.717) is 6.04 Å². The molecule has 0 spiro atoms. The minimum absolute atomic E-state index is 0.242. The Labute approximate surface area is 109 Å². The maximum absolute atomic E-state index is 6.21. The van der Waals surface area contributed by atoms with E-state index in [4.69, 9.17) is 10.5 Å². The van der Waals surface area contributed by atoms with Crippen molar-refractivity contribution in [2.75, 3.05) is 23.8 Å². The highest BCUT2D eigenvalue weighted by Gasteiger charge is 2.28. The molecule has 0 amide bonds. The van der Waals surface area contributed by atoms with Crippen molar-refractivity contribution < 1.29 is 4.74 Å². The third-order valence-corrected chi connectivity index (χ3v) is 3.46. The summed E-state index contributed by atoms with van der Waals surface area (Å²) in [5, 5.41) is 4.54. The lowest BCUT2D eigenvalue weighted by Crippen LogP contribution is -2.48. The average molecular weight is 252 g/mol. The maximum Gasteiger partial charge on any atom is 0.151 e. The SMILES string of the molecule is CCCn1nc(C)c(N)c1N1CC(C)OCC1C. The van der Waals surface area contributed by atoms with Crippen molar-refractivity contribution in [1.82, 2.24) is 9.78 Å². The minimum atomic E-state index is 0.242. The fourth-order valence-corrected chi connectivity index (χ4v) is 2.45. The zero-order chi connectivity index (χ0) is 13.3. The zero-order valence-electron chi connectivity index (χ0n) is 11.8. The summed E-state index contributed by atoms with van der Waals surface area (Å²) in [6, 6.07) is 0.343. The second-order valence-electron chi connectivity index (χ2n) is 5.19. The summed E-state index contributed by atoms with van der Waals surface area (Å²) >= 11 is 0. The molecule has 0 saturated carbocycles. The van der Waals surface area contributed by atoms with E-state index in [2.05, 4.69) is 30.8 Å². The highest BCUT2D eigenvalue weighted by molar-refractivity contribution is 5.66. The number of anilines is 2. The molecule has 0 aliphatic carbocycles. The smallest absolute Gasteiger partial charge is 0.151 e. The van der Waals surface area contributed by atoms with Crippen LogP contribution in [0, 0.1) is 6.92 Å². The van der Waals surface area contributed by atoms with Gasteiger partial charge in [0.2, 0.25) is 0 Å². The highest BCUT2D eigenvalue weighted by atomic mass is 16.5. The second-order valence-corrected chi connectivity index (χ2v) is 5.19. The van der Waals surface area contributed by atoms with E-state index in [9.17, 15) is 0 Å². The number of nitrogen functional groups attached to an aromatic ring is 1. The first-order chi connectivity index (χ1) is 8.54. The molecule has 2 heterocycles. The number of nitrogens with zero attached hydrogens (tertiary/aromatic N) is 3. The van der Waals surface area contributed by atoms with Crippen LogP contribution in [-0.4, -0.2) is 35.1 Å². The van der Waals surface area contributed by atoms with E-state index in [1.807, 2.05) is 11.6 Å². The Bertz CT molecular complexity index is 415. The number of ether oxygens (including phenoxy) is 1. The Balaban J connectivity index is 2.35. The molecule has 5 nitrogen and oxygen atoms in total. The lowest BCUT2D eigenvalue weighted by molar-refractivity contribution is 0.0337. The predicted molar refractivity (Wildman–Crippen MR) is 73.9 cm³/mol. The molecule has 18 heavy (non-hydrogen) atoms. The molecule has 5 heteroatoms. The van der Waals surface area contributed by atoms with Gasteiger partial charge in [0.1, 0.15) is 0 Å². The average Bonchev–Trinajstić information content (AvgIpc) is 2.59. The monoisotopic (exact) mass is 252 g/mol. The van der Waals surface area contributed by atoms with Gasteiger partial charge in [-0.05, 0) is 27.2 Å². The molecule has 1 saturated heterocycles. The second kappa shape index (κ2) is 5.18. The van der Waals surface area contributed by atoms with Crippen molar-refractivity contribution in [1.29, 1.82) is 0 Å². The van der Waals surface area contributed by atoms with Crippen LogP contribution in [0.5, 0.6) is 0 Å². The van der Waals surface area contributed by atoms with Gasteiger partial charge in [-0.25, -0.2) is 4.68 Å². The van der Waals surface area contributed by atoms with Gasteiger partial charge in [0.15, 0.2) is 5.82 Å². The molecule has 1 aliphatic heterocycles. The molecule has 2 atom stereocenters. The number of morpholine rings is 1. The van der Waals surface area contributed by atoms with Gasteiger partial charge in [0.05, 0.1) is 30.1 Å². The molecule has 0 bridgehead atoms. The first kappa shape index (κ1) is 13.2. The van der Waals surface area contributed by atoms with E-state index in [-0.39, 0.29) is 6.10 Å². The van der Waals surface area contributed by atoms with Crippen LogP contribution >= 0.6 is 0 Å². The number of aromatic nitrogens is 2. The molecule has 0 radical (unpaired) electrons. The topological polar surface area (TPSA) is 56.3 Å². The normalized spacial score (nSPS) is 24.6. The van der Waals surface area contributed by atoms with Crippen molar-refractivity contribution in [3.63, 3.8) is 0 Å². The summed E-state index contributed by atoms with van der Waals surface area (Å²) in [6.07, 6.45) is 1.30. The quantitative estimate of drug-likeness (QED) is 0.891. The Kier molecular flexibility index (Phi) is 3.80. The fraction of sp³-hybridized carbons (Fsp3) is 0.769. The highest BCUT2D eigenvalue weighted by Crippen LogP contribution is 2.30. The lowest BCUT2D eigenvalue weighted by Gasteiger charge is -2.38. The van der Waals surface area contributed by atoms with Crippen LogP contribution in [0.25, 0.3) is 0 Å². The van der Waals surface area contributed by atoms with Crippen molar-refractivity contribution >= 4 is 11.5 Å². The molecule has 1 aromatic rings. The van der Waals surface area contributed by atoms with Crippen LogP contribution < -0.4 is 10.6 Å². The number of rotatable bonds is 3. The van der Waals surface area contributed by atoms with Gasteiger partial charge in [-0.3, -0.25) is 0 Å². The van der Waals surface area contributed by atoms with Crippen LogP contribution in [0.2, 0.25) is 0 Å². The molecule has 2 N–H and O–H groups in total. The van der Waals surface area contributed by atoms with Gasteiger partial charge in [0, 0.05) is 13.1 Å². The van der Waals surface area contributed by atoms with Crippen LogP contribution in [0.15, 0.2) is 0 Å². The predicted octanol–water partition coefficient (Wildman–Crippen LogP) is 1.80. The molecular formula is C13H24N4O.